The molecule has 1 N–H and O–H groups in total. The summed E-state index contributed by atoms with van der Waals surface area (Å²) in [7, 11) is -1.95. The van der Waals surface area contributed by atoms with Crippen LogP contribution in [0.2, 0.25) is 0 Å². The summed E-state index contributed by atoms with van der Waals surface area (Å²) < 4.78 is 35.4. The molecule has 1 aromatic carbocycles. The van der Waals surface area contributed by atoms with Gasteiger partial charge < -0.3 is 19.7 Å². The number of likely N-dealkylation sites (tertiary alicyclic amines) is 1. The molecule has 1 saturated heterocycles. The van der Waals surface area contributed by atoms with Gasteiger partial charge in [0.25, 0.3) is 0 Å². The maximum Gasteiger partial charge on any atom is 0.410 e. The van der Waals surface area contributed by atoms with Gasteiger partial charge in [0.2, 0.25) is 10.0 Å². The van der Waals surface area contributed by atoms with Crippen LogP contribution in [-0.2, 0) is 19.5 Å². The molecule has 0 aliphatic carbocycles. The number of sulfonamides is 1. The second-order valence-electron chi connectivity index (χ2n) is 7.96. The molecule has 158 valence electrons. The van der Waals surface area contributed by atoms with Crippen molar-refractivity contribution in [3.8, 4) is 0 Å². The lowest BCUT2D eigenvalue weighted by Crippen LogP contribution is -2.44. The van der Waals surface area contributed by atoms with Crippen molar-refractivity contribution in [3.05, 3.63) is 24.3 Å². The van der Waals surface area contributed by atoms with Crippen molar-refractivity contribution in [1.29, 1.82) is 0 Å². The summed E-state index contributed by atoms with van der Waals surface area (Å²) in [6.07, 6.45) is 2.52. The molecule has 2 rings (SSSR count). The zero-order valence-corrected chi connectivity index (χ0v) is 18.1. The monoisotopic (exact) mass is 413 g/mol. The average molecular weight is 414 g/mol. The number of hydrogen-bond acceptors (Lipinski definition) is 6. The smallest absolute Gasteiger partial charge is 0.410 e. The highest BCUT2D eigenvalue weighted by atomic mass is 32.2. The maximum atomic E-state index is 12.1. The van der Waals surface area contributed by atoms with E-state index >= 15 is 0 Å². The molecule has 1 aliphatic rings. The Labute approximate surface area is 167 Å². The summed E-state index contributed by atoms with van der Waals surface area (Å²) in [5.74, 6) is 0. The normalized spacial score (nSPS) is 16.0. The van der Waals surface area contributed by atoms with E-state index in [1.165, 1.54) is 11.4 Å². The van der Waals surface area contributed by atoms with Crippen LogP contribution < -0.4 is 9.62 Å². The lowest BCUT2D eigenvalue weighted by molar-refractivity contribution is 0.0210. The SMILES string of the molecule is COCN(c1ccc(NC2CCN(C(=O)OC(C)(C)C)CC2)cc1)S(C)(=O)=O. The molecule has 9 heteroatoms. The number of rotatable bonds is 6. The topological polar surface area (TPSA) is 88.2 Å². The van der Waals surface area contributed by atoms with E-state index in [0.29, 0.717) is 18.8 Å². The summed E-state index contributed by atoms with van der Waals surface area (Å²) >= 11 is 0. The Balaban J connectivity index is 1.91. The summed E-state index contributed by atoms with van der Waals surface area (Å²) in [5.41, 5.74) is 0.969. The number of piperidine rings is 1. The number of methoxy groups -OCH3 is 1. The van der Waals surface area contributed by atoms with E-state index in [4.69, 9.17) is 9.47 Å². The Hall–Kier alpha value is -2.00. The van der Waals surface area contributed by atoms with Crippen LogP contribution in [0.1, 0.15) is 33.6 Å². The van der Waals surface area contributed by atoms with E-state index in [1.807, 2.05) is 32.9 Å². The van der Waals surface area contributed by atoms with Crippen LogP contribution in [0.25, 0.3) is 0 Å². The Morgan fingerprint density at radius 1 is 1.21 bits per heavy atom. The van der Waals surface area contributed by atoms with Crippen molar-refractivity contribution >= 4 is 27.5 Å². The molecule has 0 atom stereocenters. The van der Waals surface area contributed by atoms with Crippen LogP contribution >= 0.6 is 0 Å². The number of nitrogens with zero attached hydrogens (tertiary/aromatic N) is 2. The van der Waals surface area contributed by atoms with E-state index in [2.05, 4.69) is 5.32 Å². The number of benzene rings is 1. The summed E-state index contributed by atoms with van der Waals surface area (Å²) in [5, 5.41) is 3.45. The van der Waals surface area contributed by atoms with E-state index in [1.54, 1.807) is 17.0 Å². The molecule has 0 bridgehead atoms. The van der Waals surface area contributed by atoms with Crippen molar-refractivity contribution in [2.45, 2.75) is 45.3 Å². The minimum Gasteiger partial charge on any atom is -0.444 e. The molecule has 1 fully saturated rings. The Morgan fingerprint density at radius 3 is 2.25 bits per heavy atom. The summed E-state index contributed by atoms with van der Waals surface area (Å²) in [4.78, 5) is 13.9. The highest BCUT2D eigenvalue weighted by molar-refractivity contribution is 7.92. The second kappa shape index (κ2) is 9.00. The summed E-state index contributed by atoms with van der Waals surface area (Å²) in [6, 6.07) is 7.44. The number of carbonyl (C=O) groups is 1. The molecule has 1 heterocycles. The van der Waals surface area contributed by atoms with Gasteiger partial charge in [-0.1, -0.05) is 0 Å². The number of hydrogen-bond donors (Lipinski definition) is 1. The molecule has 1 aliphatic heterocycles. The number of anilines is 2. The van der Waals surface area contributed by atoms with Gasteiger partial charge in [-0.3, -0.25) is 0 Å². The van der Waals surface area contributed by atoms with Gasteiger partial charge in [0.1, 0.15) is 12.3 Å². The fraction of sp³-hybridized carbons (Fsp3) is 0.632. The largest absolute Gasteiger partial charge is 0.444 e. The minimum absolute atomic E-state index is 0.0330. The van der Waals surface area contributed by atoms with Gasteiger partial charge in [0.15, 0.2) is 0 Å². The quantitative estimate of drug-likeness (QED) is 0.722. The van der Waals surface area contributed by atoms with Gasteiger partial charge in [-0.15, -0.1) is 0 Å². The van der Waals surface area contributed by atoms with Crippen molar-refractivity contribution in [2.24, 2.45) is 0 Å². The standard InChI is InChI=1S/C19H31N3O5S/c1-19(2,3)27-18(23)21-12-10-16(11-13-21)20-15-6-8-17(9-7-15)22(14-26-4)28(5,24)25/h6-9,16,20H,10-14H2,1-5H3. The first-order chi connectivity index (χ1) is 13.0. The molecule has 0 unspecified atom stereocenters. The maximum absolute atomic E-state index is 12.1. The van der Waals surface area contributed by atoms with Gasteiger partial charge in [-0.05, 0) is 57.9 Å². The number of ether oxygens (including phenoxy) is 2. The lowest BCUT2D eigenvalue weighted by atomic mass is 10.0. The van der Waals surface area contributed by atoms with Crippen molar-refractivity contribution in [1.82, 2.24) is 4.90 Å². The number of carbonyl (C=O) groups excluding carboxylic acids is 1. The fourth-order valence-electron chi connectivity index (χ4n) is 2.97. The van der Waals surface area contributed by atoms with Crippen LogP contribution in [0.5, 0.6) is 0 Å². The molecule has 8 nitrogen and oxygen atoms in total. The minimum atomic E-state index is -3.41. The third-order valence-electron chi connectivity index (χ3n) is 4.32. The molecule has 1 amide bonds. The lowest BCUT2D eigenvalue weighted by Gasteiger charge is -2.34. The average Bonchev–Trinajstić information content (AvgIpc) is 2.59. The van der Waals surface area contributed by atoms with Crippen molar-refractivity contribution in [3.63, 3.8) is 0 Å². The van der Waals surface area contributed by atoms with Crippen molar-refractivity contribution in [2.75, 3.05) is 42.8 Å². The van der Waals surface area contributed by atoms with Crippen LogP contribution in [0.3, 0.4) is 0 Å². The highest BCUT2D eigenvalue weighted by Crippen LogP contribution is 2.23. The predicted molar refractivity (Wildman–Crippen MR) is 110 cm³/mol. The summed E-state index contributed by atoms with van der Waals surface area (Å²) in [6.45, 7) is 6.83. The first kappa shape index (κ1) is 22.3. The van der Waals surface area contributed by atoms with E-state index in [9.17, 15) is 13.2 Å². The molecular formula is C19H31N3O5S. The van der Waals surface area contributed by atoms with Gasteiger partial charge in [0, 0.05) is 31.9 Å². The third kappa shape index (κ3) is 6.56. The predicted octanol–water partition coefficient (Wildman–Crippen LogP) is 2.87. The second-order valence-corrected chi connectivity index (χ2v) is 9.87. The highest BCUT2D eigenvalue weighted by Gasteiger charge is 2.26. The van der Waals surface area contributed by atoms with Gasteiger partial charge in [0.05, 0.1) is 11.9 Å². The number of amides is 1. The molecule has 1 aromatic rings. The first-order valence-electron chi connectivity index (χ1n) is 9.31. The fourth-order valence-corrected chi connectivity index (χ4v) is 3.77. The molecule has 0 radical (unpaired) electrons. The molecule has 0 saturated carbocycles. The zero-order valence-electron chi connectivity index (χ0n) is 17.3. The van der Waals surface area contributed by atoms with Crippen LogP contribution in [0.4, 0.5) is 16.2 Å². The number of nitrogens with one attached hydrogen (secondary N) is 1. The van der Waals surface area contributed by atoms with Crippen LogP contribution in [0.15, 0.2) is 24.3 Å². The van der Waals surface area contributed by atoms with Gasteiger partial charge in [-0.2, -0.15) is 0 Å². The van der Waals surface area contributed by atoms with E-state index < -0.39 is 15.6 Å². The zero-order chi connectivity index (χ0) is 20.9. The molecule has 28 heavy (non-hydrogen) atoms. The Bertz CT molecular complexity index is 751. The van der Waals surface area contributed by atoms with Crippen molar-refractivity contribution < 1.29 is 22.7 Å². The van der Waals surface area contributed by atoms with E-state index in [-0.39, 0.29) is 18.9 Å². The van der Waals surface area contributed by atoms with E-state index in [0.717, 1.165) is 24.8 Å². The Morgan fingerprint density at radius 2 is 1.79 bits per heavy atom. The van der Waals surface area contributed by atoms with Gasteiger partial charge >= 0.3 is 6.09 Å². The van der Waals surface area contributed by atoms with Crippen LogP contribution in [-0.4, -0.2) is 64.2 Å². The molecular weight excluding hydrogens is 382 g/mol. The Kier molecular flexibility index (Phi) is 7.16. The third-order valence-corrected chi connectivity index (χ3v) is 5.44. The molecule has 0 spiro atoms. The first-order valence-corrected chi connectivity index (χ1v) is 11.2. The van der Waals surface area contributed by atoms with Gasteiger partial charge in [-0.25, -0.2) is 17.5 Å². The molecule has 0 aromatic heterocycles. The van der Waals surface area contributed by atoms with Crippen LogP contribution in [0, 0.1) is 0 Å².